The number of carbonyl (C=O) groups is 3. The minimum absolute atomic E-state index is 0.109. The van der Waals surface area contributed by atoms with Crippen LogP contribution in [0.4, 0.5) is 0 Å². The summed E-state index contributed by atoms with van der Waals surface area (Å²) in [6, 6.07) is 3.13. The highest BCUT2D eigenvalue weighted by atomic mass is 35.5. The predicted octanol–water partition coefficient (Wildman–Crippen LogP) is 2.43. The molecule has 1 aliphatic heterocycles. The number of rotatable bonds is 6. The average Bonchev–Trinajstić information content (AvgIpc) is 3.03. The van der Waals surface area contributed by atoms with Gasteiger partial charge < -0.3 is 14.2 Å². The summed E-state index contributed by atoms with van der Waals surface area (Å²) in [5.74, 6) is -1.01. The van der Waals surface area contributed by atoms with Gasteiger partial charge in [-0.1, -0.05) is 23.8 Å². The fraction of sp³-hybridized carbons (Fsp3) is 0.429. The van der Waals surface area contributed by atoms with Gasteiger partial charge in [-0.2, -0.15) is 10.1 Å². The van der Waals surface area contributed by atoms with Crippen molar-refractivity contribution < 1.29 is 28.6 Å². The maximum atomic E-state index is 12.8. The molecule has 4 atom stereocenters. The van der Waals surface area contributed by atoms with Crippen LogP contribution in [0.15, 0.2) is 29.4 Å². The van der Waals surface area contributed by atoms with E-state index >= 15 is 0 Å². The number of benzene rings is 1. The summed E-state index contributed by atoms with van der Waals surface area (Å²) in [7, 11) is 2.68. The molecule has 8 nitrogen and oxygen atoms in total. The Morgan fingerprint density at radius 1 is 1.17 bits per heavy atom. The Morgan fingerprint density at radius 3 is 2.33 bits per heavy atom. The fourth-order valence-corrected chi connectivity index (χ4v) is 4.71. The normalized spacial score (nSPS) is 27.0. The van der Waals surface area contributed by atoms with E-state index in [1.807, 2.05) is 0 Å². The van der Waals surface area contributed by atoms with Gasteiger partial charge in [0.2, 0.25) is 0 Å². The van der Waals surface area contributed by atoms with E-state index in [0.717, 1.165) is 17.9 Å². The number of ether oxygens (including phenoxy) is 3. The van der Waals surface area contributed by atoms with Crippen LogP contribution in [-0.2, 0) is 19.1 Å². The molecule has 2 fully saturated rings. The molecule has 1 aromatic carbocycles. The van der Waals surface area contributed by atoms with Gasteiger partial charge in [0.25, 0.3) is 11.8 Å². The molecule has 2 bridgehead atoms. The number of amides is 2. The number of hydrazone groups is 1. The summed E-state index contributed by atoms with van der Waals surface area (Å²) in [5.41, 5.74) is 0.513. The van der Waals surface area contributed by atoms with Crippen LogP contribution in [0.25, 0.3) is 0 Å². The van der Waals surface area contributed by atoms with Gasteiger partial charge in [0.1, 0.15) is 0 Å². The van der Waals surface area contributed by atoms with Crippen molar-refractivity contribution in [1.29, 1.82) is 0 Å². The fourth-order valence-electron chi connectivity index (χ4n) is 4.44. The predicted molar refractivity (Wildman–Crippen MR) is 107 cm³/mol. The lowest BCUT2D eigenvalue weighted by Crippen LogP contribution is -2.38. The van der Waals surface area contributed by atoms with Crippen LogP contribution in [0.5, 0.6) is 11.5 Å². The molecule has 1 heterocycles. The quantitative estimate of drug-likeness (QED) is 0.296. The zero-order chi connectivity index (χ0) is 21.4. The first kappa shape index (κ1) is 20.4. The average molecular weight is 433 g/mol. The minimum atomic E-state index is -0.560. The Labute approximate surface area is 178 Å². The molecule has 1 saturated heterocycles. The van der Waals surface area contributed by atoms with Crippen LogP contribution in [-0.4, -0.2) is 49.8 Å². The van der Waals surface area contributed by atoms with E-state index in [1.165, 1.54) is 20.4 Å². The van der Waals surface area contributed by atoms with E-state index in [2.05, 4.69) is 22.0 Å². The van der Waals surface area contributed by atoms with Gasteiger partial charge in [0, 0.05) is 0 Å². The van der Waals surface area contributed by atoms with Crippen molar-refractivity contribution in [3.05, 3.63) is 34.9 Å². The molecule has 3 aliphatic carbocycles. The molecule has 0 spiro atoms. The van der Waals surface area contributed by atoms with Crippen molar-refractivity contribution in [3.8, 4) is 11.5 Å². The molecule has 5 rings (SSSR count). The number of carbonyl (C=O) groups excluding carboxylic acids is 3. The first-order valence-electron chi connectivity index (χ1n) is 9.62. The van der Waals surface area contributed by atoms with Crippen molar-refractivity contribution in [2.75, 3.05) is 20.8 Å². The molecule has 1 aromatic rings. The van der Waals surface area contributed by atoms with E-state index in [-0.39, 0.29) is 58.6 Å². The molecular weight excluding hydrogens is 412 g/mol. The maximum absolute atomic E-state index is 12.8. The van der Waals surface area contributed by atoms with Gasteiger partial charge in [-0.15, -0.1) is 0 Å². The van der Waals surface area contributed by atoms with Gasteiger partial charge >= 0.3 is 5.97 Å². The van der Waals surface area contributed by atoms with Crippen LogP contribution in [0.1, 0.15) is 18.4 Å². The number of halogens is 1. The third kappa shape index (κ3) is 3.45. The number of hydrogen-bond donors (Lipinski definition) is 0. The van der Waals surface area contributed by atoms with Gasteiger partial charge in [-0.25, -0.2) is 4.79 Å². The van der Waals surface area contributed by atoms with Gasteiger partial charge in [0.05, 0.1) is 37.3 Å². The molecule has 30 heavy (non-hydrogen) atoms. The highest BCUT2D eigenvalue weighted by molar-refractivity contribution is 6.32. The third-order valence-electron chi connectivity index (χ3n) is 5.87. The van der Waals surface area contributed by atoms with E-state index in [9.17, 15) is 14.4 Å². The zero-order valence-electron chi connectivity index (χ0n) is 16.5. The number of fused-ring (bicyclic) bond motifs is 1. The summed E-state index contributed by atoms with van der Waals surface area (Å²) in [5, 5.41) is 5.33. The van der Waals surface area contributed by atoms with Crippen molar-refractivity contribution in [2.24, 2.45) is 28.8 Å². The topological polar surface area (TPSA) is 94.5 Å². The number of imide groups is 1. The highest BCUT2D eigenvalue weighted by Gasteiger charge is 2.56. The Bertz CT molecular complexity index is 927. The number of nitrogens with zero attached hydrogens (tertiary/aromatic N) is 2. The first-order chi connectivity index (χ1) is 14.4. The van der Waals surface area contributed by atoms with Crippen LogP contribution in [0, 0.1) is 23.7 Å². The second-order valence-corrected chi connectivity index (χ2v) is 7.88. The van der Waals surface area contributed by atoms with Crippen molar-refractivity contribution in [2.45, 2.75) is 12.8 Å². The lowest BCUT2D eigenvalue weighted by atomic mass is 9.63. The minimum Gasteiger partial charge on any atom is -0.493 e. The lowest BCUT2D eigenvalue weighted by molar-refractivity contribution is -0.143. The number of hydrogen-bond acceptors (Lipinski definition) is 7. The molecule has 158 valence electrons. The summed E-state index contributed by atoms with van der Waals surface area (Å²) >= 11 is 6.26. The molecule has 0 aromatic heterocycles. The second kappa shape index (κ2) is 8.10. The van der Waals surface area contributed by atoms with Crippen molar-refractivity contribution in [1.82, 2.24) is 5.01 Å². The molecule has 2 amide bonds. The molecule has 4 aliphatic rings. The molecule has 0 radical (unpaired) electrons. The number of allylic oxidation sites excluding steroid dienone is 2. The Morgan fingerprint density at radius 2 is 1.80 bits per heavy atom. The second-order valence-electron chi connectivity index (χ2n) is 7.47. The smallest absolute Gasteiger partial charge is 0.343 e. The van der Waals surface area contributed by atoms with E-state index in [1.54, 1.807) is 12.1 Å². The van der Waals surface area contributed by atoms with Crippen LogP contribution < -0.4 is 9.47 Å². The molecule has 0 unspecified atom stereocenters. The van der Waals surface area contributed by atoms with Gasteiger partial charge in [-0.05, 0) is 42.4 Å². The Kier molecular flexibility index (Phi) is 5.51. The van der Waals surface area contributed by atoms with E-state index in [4.69, 9.17) is 21.1 Å². The molecule has 1 saturated carbocycles. The number of methoxy groups -OCH3 is 2. The largest absolute Gasteiger partial charge is 0.493 e. The lowest BCUT2D eigenvalue weighted by Gasteiger charge is -2.37. The zero-order valence-corrected chi connectivity index (χ0v) is 17.3. The van der Waals surface area contributed by atoms with Crippen molar-refractivity contribution >= 4 is 35.6 Å². The van der Waals surface area contributed by atoms with E-state index in [0.29, 0.717) is 5.56 Å². The summed E-state index contributed by atoms with van der Waals surface area (Å²) < 4.78 is 15.2. The Balaban J connectivity index is 1.54. The monoisotopic (exact) mass is 432 g/mol. The molecule has 9 heteroatoms. The highest BCUT2D eigenvalue weighted by Crippen LogP contribution is 2.49. The standard InChI is InChI=1S/C21H21ClN2O6/c1-28-15-8-11(7-14(22)19(15)30-10-16(25)29-2)9-23-24-20(26)17-12-3-4-13(6-5-12)18(17)21(24)27/h3-4,7-9,12-13,17-18H,5-6,10H2,1-2H3/b23-9-/t12-,13-,17+,18+/m0/s1. The Hall–Kier alpha value is -2.87. The summed E-state index contributed by atoms with van der Waals surface area (Å²) in [4.78, 5) is 37.0. The van der Waals surface area contributed by atoms with Crippen molar-refractivity contribution in [3.63, 3.8) is 0 Å². The first-order valence-corrected chi connectivity index (χ1v) is 9.99. The summed E-state index contributed by atoms with van der Waals surface area (Å²) in [6.07, 6.45) is 7.37. The maximum Gasteiger partial charge on any atom is 0.343 e. The SMILES string of the molecule is COC(=O)COc1c(Cl)cc(/C=N\N2C(=O)[C@H]3[C@H](C2=O)[C@H]2C=C[C@H]3CC2)cc1OC. The van der Waals surface area contributed by atoms with Crippen LogP contribution in [0.3, 0.4) is 0 Å². The van der Waals surface area contributed by atoms with Crippen LogP contribution in [0.2, 0.25) is 5.02 Å². The number of esters is 1. The van der Waals surface area contributed by atoms with Gasteiger partial charge in [-0.3, -0.25) is 9.59 Å². The van der Waals surface area contributed by atoms with Gasteiger partial charge in [0.15, 0.2) is 18.1 Å². The van der Waals surface area contributed by atoms with Crippen LogP contribution >= 0.6 is 11.6 Å². The summed E-state index contributed by atoms with van der Waals surface area (Å²) in [6.45, 7) is -0.323. The molecular formula is C21H21ClN2O6. The third-order valence-corrected chi connectivity index (χ3v) is 6.15. The molecule has 0 N–H and O–H groups in total. The van der Waals surface area contributed by atoms with E-state index < -0.39 is 5.97 Å².